The van der Waals surface area contributed by atoms with Gasteiger partial charge in [-0.2, -0.15) is 0 Å². The number of carbonyl (C=O) groups is 3. The summed E-state index contributed by atoms with van der Waals surface area (Å²) in [6, 6.07) is 5.02. The van der Waals surface area contributed by atoms with Gasteiger partial charge in [0.25, 0.3) is 0 Å². The van der Waals surface area contributed by atoms with E-state index in [-0.39, 0.29) is 32.4 Å². The number of aliphatic hydroxyl groups is 8. The maximum atomic E-state index is 14.1. The SMILES string of the molecule is CCC[C@H](OC1C(NC(C)=O)[C@H](O[C@@H]2CC(C(=O)NCCO[C@H]3OC(CO)[C@@H](O)C(n4cc(-c5cccc(C)c5)nn4)C3O)CC(CC)[C@H]2O[C@@H]2OC(C)[C@@H](O)[C@H](O)C2O)O[C@@H](CO)[C@@H]1O)C(=O)O. The Morgan fingerprint density at radius 2 is 1.58 bits per heavy atom. The molecule has 9 unspecified atom stereocenters. The Morgan fingerprint density at radius 3 is 2.23 bits per heavy atom. The Labute approximate surface area is 398 Å². The molecule has 1 aromatic carbocycles. The molecule has 2 amide bonds. The Hall–Kier alpha value is -3.83. The van der Waals surface area contributed by atoms with Crippen LogP contribution < -0.4 is 10.6 Å². The third-order valence-corrected chi connectivity index (χ3v) is 13.3. The largest absolute Gasteiger partial charge is 0.479 e. The van der Waals surface area contributed by atoms with Gasteiger partial charge in [-0.25, -0.2) is 9.48 Å². The third-order valence-electron chi connectivity index (χ3n) is 13.3. The number of carboxylic acid groups (broad SMARTS) is 1. The van der Waals surface area contributed by atoms with Gasteiger partial charge in [0, 0.05) is 24.9 Å². The Balaban J connectivity index is 1.19. The first-order chi connectivity index (χ1) is 32.9. The van der Waals surface area contributed by atoms with Crippen molar-refractivity contribution in [2.45, 2.75) is 177 Å². The Morgan fingerprint density at radius 1 is 0.870 bits per heavy atom. The molecule has 2 aromatic rings. The first-order valence-corrected chi connectivity index (χ1v) is 23.5. The minimum Gasteiger partial charge on any atom is -0.479 e. The van der Waals surface area contributed by atoms with Crippen molar-refractivity contribution in [1.29, 1.82) is 0 Å². The molecule has 69 heavy (non-hydrogen) atoms. The lowest BCUT2D eigenvalue weighted by Crippen LogP contribution is -2.67. The zero-order valence-electron chi connectivity index (χ0n) is 39.2. The predicted octanol–water partition coefficient (Wildman–Crippen LogP) is -2.38. The third kappa shape index (κ3) is 12.8. The smallest absolute Gasteiger partial charge is 0.332 e. The predicted molar refractivity (Wildman–Crippen MR) is 235 cm³/mol. The van der Waals surface area contributed by atoms with Gasteiger partial charge < -0.3 is 89.8 Å². The fourth-order valence-corrected chi connectivity index (χ4v) is 9.52. The number of nitrogens with one attached hydrogen (secondary N) is 2. The number of amides is 2. The summed E-state index contributed by atoms with van der Waals surface area (Å²) in [6.45, 7) is 6.46. The van der Waals surface area contributed by atoms with Crippen LogP contribution in [0.2, 0.25) is 0 Å². The topological polar surface area (TPSA) is 353 Å². The van der Waals surface area contributed by atoms with Crippen molar-refractivity contribution in [3.8, 4) is 11.3 Å². The number of aliphatic carboxylic acids is 1. The van der Waals surface area contributed by atoms with Crippen LogP contribution in [-0.2, 0) is 47.5 Å². The number of ether oxygens (including phenoxy) is 7. The average molecular weight is 984 g/mol. The van der Waals surface area contributed by atoms with E-state index < -0.39 is 153 Å². The summed E-state index contributed by atoms with van der Waals surface area (Å²) in [7, 11) is 0. The maximum Gasteiger partial charge on any atom is 0.332 e. The fraction of sp³-hybridized carbons (Fsp3) is 0.756. The molecule has 1 saturated carbocycles. The molecule has 11 N–H and O–H groups in total. The fourth-order valence-electron chi connectivity index (χ4n) is 9.52. The highest BCUT2D eigenvalue weighted by Gasteiger charge is 2.53. The highest BCUT2D eigenvalue weighted by molar-refractivity contribution is 5.79. The van der Waals surface area contributed by atoms with E-state index in [0.29, 0.717) is 18.5 Å². The maximum absolute atomic E-state index is 14.1. The van der Waals surface area contributed by atoms with E-state index in [4.69, 9.17) is 33.2 Å². The summed E-state index contributed by atoms with van der Waals surface area (Å²) in [5, 5.41) is 110. The summed E-state index contributed by atoms with van der Waals surface area (Å²) in [5.41, 5.74) is 2.24. The van der Waals surface area contributed by atoms with Gasteiger partial charge in [-0.3, -0.25) is 9.59 Å². The van der Waals surface area contributed by atoms with Crippen LogP contribution >= 0.6 is 0 Å². The average Bonchev–Trinajstić information content (AvgIpc) is 3.81. The minimum atomic E-state index is -1.71. The van der Waals surface area contributed by atoms with Gasteiger partial charge in [0.1, 0.15) is 72.7 Å². The number of carbonyl (C=O) groups excluding carboxylic acids is 2. The monoisotopic (exact) mass is 983 g/mol. The molecule has 0 spiro atoms. The van der Waals surface area contributed by atoms with Crippen LogP contribution in [0.1, 0.15) is 71.4 Å². The van der Waals surface area contributed by atoms with E-state index in [0.717, 1.165) is 11.1 Å². The number of carboxylic acids is 1. The van der Waals surface area contributed by atoms with Crippen LogP contribution in [0.25, 0.3) is 11.3 Å². The molecule has 1 aromatic heterocycles. The molecule has 388 valence electrons. The second-order valence-electron chi connectivity index (χ2n) is 18.3. The Bertz CT molecular complexity index is 1980. The van der Waals surface area contributed by atoms with E-state index in [1.807, 2.05) is 38.1 Å². The van der Waals surface area contributed by atoms with Crippen molar-refractivity contribution in [3.63, 3.8) is 0 Å². The highest BCUT2D eigenvalue weighted by atomic mass is 16.7. The summed E-state index contributed by atoms with van der Waals surface area (Å²) in [6.07, 6.45) is -19.9. The molecular formula is C45H69N5O19. The first-order valence-electron chi connectivity index (χ1n) is 23.5. The van der Waals surface area contributed by atoms with Crippen LogP contribution in [0.3, 0.4) is 0 Å². The van der Waals surface area contributed by atoms with Crippen molar-refractivity contribution in [2.75, 3.05) is 26.4 Å². The number of rotatable bonds is 20. The van der Waals surface area contributed by atoms with Crippen molar-refractivity contribution < 1.29 is 93.5 Å². The summed E-state index contributed by atoms with van der Waals surface area (Å²) in [5.74, 6) is -3.73. The minimum absolute atomic E-state index is 0.0442. The second-order valence-corrected chi connectivity index (χ2v) is 18.3. The quantitative estimate of drug-likeness (QED) is 0.0617. The summed E-state index contributed by atoms with van der Waals surface area (Å²) >= 11 is 0. The van der Waals surface area contributed by atoms with E-state index in [1.165, 1.54) is 18.5 Å². The summed E-state index contributed by atoms with van der Waals surface area (Å²) in [4.78, 5) is 38.9. The number of hydrogen-bond acceptors (Lipinski definition) is 20. The standard InChI is InChI=1S/C45H69N5O19/c1-6-9-27(42(61)62)65-40-31(47-22(5)53)43(67-30(19-52)35(40)56)66-28-16-25(15-23(7-2)39(28)69-45-38(59)37(58)33(54)21(4)64-45)41(60)46-12-13-63-44-36(57)32(34(55)29(18-51)68-44)50-17-26(48-49-50)24-11-8-10-20(3)14-24/h8,10-11,14,17,21,23,25,27-40,43-45,51-52,54-59H,6-7,9,12-13,15-16,18-19H2,1-5H3,(H,46,60)(H,47,53)(H,61,62)/t21?,23?,25?,27-,28+,29?,30-,31?,32?,33+,34+,35-,36?,37-,38?,39+,40?,43+,44-,45-/m0/s1. The number of aromatic nitrogens is 3. The molecule has 0 radical (unpaired) electrons. The van der Waals surface area contributed by atoms with Gasteiger partial charge in [-0.15, -0.1) is 5.10 Å². The van der Waals surface area contributed by atoms with E-state index in [1.54, 1.807) is 13.1 Å². The van der Waals surface area contributed by atoms with Gasteiger partial charge >= 0.3 is 5.97 Å². The van der Waals surface area contributed by atoms with Gasteiger partial charge in [-0.1, -0.05) is 55.7 Å². The molecule has 3 aliphatic heterocycles. The molecule has 0 bridgehead atoms. The van der Waals surface area contributed by atoms with Gasteiger partial charge in [0.15, 0.2) is 25.0 Å². The lowest BCUT2D eigenvalue weighted by atomic mass is 9.75. The van der Waals surface area contributed by atoms with Crippen molar-refractivity contribution in [3.05, 3.63) is 36.0 Å². The molecule has 3 saturated heterocycles. The Kier molecular flexibility index (Phi) is 19.4. The normalized spacial score (nSPS) is 37.7. The number of benzene rings is 1. The van der Waals surface area contributed by atoms with Crippen molar-refractivity contribution >= 4 is 17.8 Å². The van der Waals surface area contributed by atoms with Gasteiger partial charge in [0.05, 0.1) is 44.3 Å². The molecule has 24 nitrogen and oxygen atoms in total. The lowest BCUT2D eigenvalue weighted by Gasteiger charge is -2.49. The molecule has 4 fully saturated rings. The first kappa shape index (κ1) is 54.5. The molecule has 6 rings (SSSR count). The van der Waals surface area contributed by atoms with Crippen LogP contribution in [0.15, 0.2) is 30.5 Å². The number of aliphatic hydroxyl groups excluding tert-OH is 8. The van der Waals surface area contributed by atoms with E-state index in [2.05, 4.69) is 20.9 Å². The van der Waals surface area contributed by atoms with Crippen LogP contribution in [0, 0.1) is 18.8 Å². The lowest BCUT2D eigenvalue weighted by molar-refractivity contribution is -0.338. The zero-order chi connectivity index (χ0) is 50.3. The molecule has 1 aliphatic carbocycles. The molecule has 20 atom stereocenters. The van der Waals surface area contributed by atoms with Gasteiger partial charge in [-0.05, 0) is 45.1 Å². The molecule has 4 heterocycles. The van der Waals surface area contributed by atoms with E-state index >= 15 is 0 Å². The highest BCUT2D eigenvalue weighted by Crippen LogP contribution is 2.40. The number of nitrogens with zero attached hydrogens (tertiary/aromatic N) is 3. The van der Waals surface area contributed by atoms with Crippen molar-refractivity contribution in [1.82, 2.24) is 25.6 Å². The number of hydrogen-bond donors (Lipinski definition) is 11. The van der Waals surface area contributed by atoms with E-state index in [9.17, 15) is 60.3 Å². The van der Waals surface area contributed by atoms with Gasteiger partial charge in [0.2, 0.25) is 11.8 Å². The van der Waals surface area contributed by atoms with Crippen LogP contribution in [0.4, 0.5) is 0 Å². The van der Waals surface area contributed by atoms with Crippen molar-refractivity contribution in [2.24, 2.45) is 11.8 Å². The summed E-state index contributed by atoms with van der Waals surface area (Å²) < 4.78 is 43.6. The molecular weight excluding hydrogens is 915 g/mol. The molecule has 24 heteroatoms. The second kappa shape index (κ2) is 24.5. The zero-order valence-corrected chi connectivity index (χ0v) is 39.2. The van der Waals surface area contributed by atoms with Crippen LogP contribution in [0.5, 0.6) is 0 Å². The molecule has 4 aliphatic rings. The number of aryl methyl sites for hydroxylation is 1. The van der Waals surface area contributed by atoms with Crippen LogP contribution in [-0.4, -0.2) is 209 Å².